The molecule has 0 aliphatic carbocycles. The van der Waals surface area contributed by atoms with Gasteiger partial charge in [-0.2, -0.15) is 0 Å². The van der Waals surface area contributed by atoms with Crippen molar-refractivity contribution < 1.29 is 17.6 Å². The molecule has 0 N–H and O–H groups in total. The second-order valence-corrected chi connectivity index (χ2v) is 13.3. The summed E-state index contributed by atoms with van der Waals surface area (Å²) in [5, 5.41) is 0.719. The third-order valence-electron chi connectivity index (χ3n) is 5.03. The summed E-state index contributed by atoms with van der Waals surface area (Å²) in [7, 11) is -1.81. The highest BCUT2D eigenvalue weighted by atomic mass is 28.3. The van der Waals surface area contributed by atoms with Crippen molar-refractivity contribution in [2.24, 2.45) is 0 Å². The van der Waals surface area contributed by atoms with Crippen LogP contribution in [0.1, 0.15) is 18.9 Å². The van der Waals surface area contributed by atoms with Crippen molar-refractivity contribution in [3.8, 4) is 22.3 Å². The molecular formula is C24H24F4Si. The lowest BCUT2D eigenvalue weighted by Gasteiger charge is -2.18. The van der Waals surface area contributed by atoms with Gasteiger partial charge in [0, 0.05) is 11.1 Å². The van der Waals surface area contributed by atoms with Gasteiger partial charge >= 0.3 is 0 Å². The fourth-order valence-corrected chi connectivity index (χ4v) is 4.85. The number of hydrogen-bond acceptors (Lipinski definition) is 0. The molecule has 0 bridgehead atoms. The largest absolute Gasteiger partial charge is 0.207 e. The Labute approximate surface area is 170 Å². The van der Waals surface area contributed by atoms with Gasteiger partial charge in [-0.3, -0.25) is 0 Å². The minimum atomic E-state index is -1.81. The Balaban J connectivity index is 1.99. The lowest BCUT2D eigenvalue weighted by atomic mass is 9.97. The van der Waals surface area contributed by atoms with Crippen molar-refractivity contribution in [1.29, 1.82) is 0 Å². The van der Waals surface area contributed by atoms with E-state index in [0.29, 0.717) is 24.0 Å². The molecule has 0 atom stereocenters. The molecule has 0 nitrogen and oxygen atoms in total. The van der Waals surface area contributed by atoms with Crippen LogP contribution >= 0.6 is 0 Å². The van der Waals surface area contributed by atoms with Gasteiger partial charge in [0.2, 0.25) is 0 Å². The summed E-state index contributed by atoms with van der Waals surface area (Å²) in [6.07, 6.45) is 0.904. The highest BCUT2D eigenvalue weighted by Gasteiger charge is 2.21. The molecule has 0 radical (unpaired) electrons. The van der Waals surface area contributed by atoms with Crippen LogP contribution in [0.5, 0.6) is 0 Å². The van der Waals surface area contributed by atoms with E-state index in [1.54, 1.807) is 18.2 Å². The molecule has 0 unspecified atom stereocenters. The molecule has 5 heteroatoms. The molecule has 0 fully saturated rings. The van der Waals surface area contributed by atoms with Crippen LogP contribution in [-0.2, 0) is 6.42 Å². The van der Waals surface area contributed by atoms with E-state index in [0.717, 1.165) is 17.3 Å². The van der Waals surface area contributed by atoms with E-state index in [4.69, 9.17) is 0 Å². The molecule has 3 rings (SSSR count). The first-order valence-corrected chi connectivity index (χ1v) is 13.2. The summed E-state index contributed by atoms with van der Waals surface area (Å²) in [6, 6.07) is 11.7. The maximum atomic E-state index is 14.8. The van der Waals surface area contributed by atoms with E-state index < -0.39 is 25.5 Å². The second kappa shape index (κ2) is 8.15. The molecule has 152 valence electrons. The van der Waals surface area contributed by atoms with Crippen molar-refractivity contribution in [2.45, 2.75) is 39.4 Å². The van der Waals surface area contributed by atoms with Crippen LogP contribution < -0.4 is 5.19 Å². The van der Waals surface area contributed by atoms with Crippen molar-refractivity contribution in [3.05, 3.63) is 77.4 Å². The van der Waals surface area contributed by atoms with E-state index in [-0.39, 0.29) is 22.5 Å². The molecule has 0 saturated heterocycles. The monoisotopic (exact) mass is 416 g/mol. The third-order valence-corrected chi connectivity index (χ3v) is 7.05. The van der Waals surface area contributed by atoms with E-state index in [1.165, 1.54) is 18.2 Å². The average Bonchev–Trinajstić information content (AvgIpc) is 2.63. The molecule has 29 heavy (non-hydrogen) atoms. The van der Waals surface area contributed by atoms with E-state index in [2.05, 4.69) is 19.6 Å². The van der Waals surface area contributed by atoms with Gasteiger partial charge in [0.05, 0.1) is 8.07 Å². The molecule has 0 aliphatic heterocycles. The average molecular weight is 417 g/mol. The number of hydrogen-bond donors (Lipinski definition) is 0. The normalized spacial score (nSPS) is 11.7. The Hall–Kier alpha value is -2.40. The minimum Gasteiger partial charge on any atom is -0.207 e. The van der Waals surface area contributed by atoms with Gasteiger partial charge in [-0.15, -0.1) is 0 Å². The Kier molecular flexibility index (Phi) is 5.99. The molecule has 0 saturated carbocycles. The quantitative estimate of drug-likeness (QED) is 0.308. The fourth-order valence-electron chi connectivity index (χ4n) is 3.48. The van der Waals surface area contributed by atoms with Crippen LogP contribution in [0, 0.1) is 23.3 Å². The van der Waals surface area contributed by atoms with Gasteiger partial charge in [-0.05, 0) is 52.6 Å². The van der Waals surface area contributed by atoms with Crippen molar-refractivity contribution in [1.82, 2.24) is 0 Å². The van der Waals surface area contributed by atoms with Crippen LogP contribution in [0.3, 0.4) is 0 Å². The first kappa shape index (κ1) is 21.3. The number of benzene rings is 3. The van der Waals surface area contributed by atoms with Crippen LogP contribution in [0.2, 0.25) is 19.6 Å². The van der Waals surface area contributed by atoms with Gasteiger partial charge in [0.15, 0.2) is 0 Å². The Bertz CT molecular complexity index is 1030. The predicted molar refractivity (Wildman–Crippen MR) is 114 cm³/mol. The smallest absolute Gasteiger partial charge is 0.131 e. The maximum absolute atomic E-state index is 14.8. The van der Waals surface area contributed by atoms with Gasteiger partial charge in [0.25, 0.3) is 0 Å². The molecule has 0 heterocycles. The fraction of sp³-hybridized carbons (Fsp3) is 0.250. The Morgan fingerprint density at radius 3 is 1.66 bits per heavy atom. The van der Waals surface area contributed by atoms with E-state index in [1.807, 2.05) is 6.92 Å². The van der Waals surface area contributed by atoms with Crippen molar-refractivity contribution >= 4 is 13.3 Å². The number of rotatable bonds is 5. The summed E-state index contributed by atoms with van der Waals surface area (Å²) in [6.45, 7) is 8.01. The molecule has 3 aromatic rings. The molecular weight excluding hydrogens is 392 g/mol. The summed E-state index contributed by atoms with van der Waals surface area (Å²) in [5.74, 6) is -2.25. The molecule has 0 aliphatic rings. The van der Waals surface area contributed by atoms with Crippen LogP contribution in [0.15, 0.2) is 48.5 Å². The lowest BCUT2D eigenvalue weighted by molar-refractivity contribution is 0.553. The summed E-state index contributed by atoms with van der Waals surface area (Å²) < 4.78 is 57.8. The number of halogens is 4. The highest BCUT2D eigenvalue weighted by Crippen LogP contribution is 2.30. The van der Waals surface area contributed by atoms with Crippen LogP contribution in [0.4, 0.5) is 17.6 Å². The lowest BCUT2D eigenvalue weighted by Crippen LogP contribution is -2.39. The summed E-state index contributed by atoms with van der Waals surface area (Å²) in [4.78, 5) is 0. The standard InChI is InChI=1S/C24H24F4Si/c1-5-6-19-21(26)13-17(14-22(19)27)18-9-7-15(11-20(18)25)16-8-10-24(23(28)12-16)29(2,3)4/h7-14H,5-6H2,1-4H3. The Morgan fingerprint density at radius 2 is 1.17 bits per heavy atom. The van der Waals surface area contributed by atoms with Gasteiger partial charge in [-0.25, -0.2) is 17.6 Å². The third kappa shape index (κ3) is 4.45. The van der Waals surface area contributed by atoms with Gasteiger partial charge in [0.1, 0.15) is 23.3 Å². The molecule has 0 spiro atoms. The second-order valence-electron chi connectivity index (χ2n) is 8.31. The van der Waals surface area contributed by atoms with Gasteiger partial charge in [-0.1, -0.05) is 57.3 Å². The van der Waals surface area contributed by atoms with E-state index >= 15 is 0 Å². The molecule has 0 amide bonds. The first-order valence-electron chi connectivity index (χ1n) is 9.70. The first-order chi connectivity index (χ1) is 13.6. The van der Waals surface area contributed by atoms with Gasteiger partial charge < -0.3 is 0 Å². The summed E-state index contributed by atoms with van der Waals surface area (Å²) in [5.41, 5.74) is 1.34. The zero-order valence-electron chi connectivity index (χ0n) is 17.0. The molecule has 0 aromatic heterocycles. The van der Waals surface area contributed by atoms with Crippen LogP contribution in [-0.4, -0.2) is 8.07 Å². The Morgan fingerprint density at radius 1 is 0.655 bits per heavy atom. The minimum absolute atomic E-state index is 0.0197. The topological polar surface area (TPSA) is 0 Å². The van der Waals surface area contributed by atoms with Crippen molar-refractivity contribution in [2.75, 3.05) is 0 Å². The predicted octanol–water partition coefficient (Wildman–Crippen LogP) is 7.07. The zero-order valence-corrected chi connectivity index (χ0v) is 18.0. The highest BCUT2D eigenvalue weighted by molar-refractivity contribution is 6.88. The SMILES string of the molecule is CCCc1c(F)cc(-c2ccc(-c3ccc([Si](C)(C)C)c(F)c3)cc2F)cc1F. The van der Waals surface area contributed by atoms with Crippen molar-refractivity contribution in [3.63, 3.8) is 0 Å². The maximum Gasteiger partial charge on any atom is 0.131 e. The molecule has 3 aromatic carbocycles. The summed E-state index contributed by atoms with van der Waals surface area (Å²) >= 11 is 0. The zero-order chi connectivity index (χ0) is 21.3. The van der Waals surface area contributed by atoms with Crippen LogP contribution in [0.25, 0.3) is 22.3 Å². The van der Waals surface area contributed by atoms with E-state index in [9.17, 15) is 17.6 Å².